The molecule has 0 aliphatic rings. The fourth-order valence-electron chi connectivity index (χ4n) is 1.68. The van der Waals surface area contributed by atoms with E-state index < -0.39 is 10.8 Å². The maximum atomic E-state index is 11.2. The zero-order chi connectivity index (χ0) is 14.9. The Morgan fingerprint density at radius 1 is 1.42 bits per heavy atom. The van der Waals surface area contributed by atoms with Gasteiger partial charge in [-0.15, -0.1) is 0 Å². The van der Waals surface area contributed by atoms with Gasteiger partial charge in [0.05, 0.1) is 0 Å². The molecule has 0 amide bonds. The molecule has 0 aromatic carbocycles. The summed E-state index contributed by atoms with van der Waals surface area (Å²) in [6.07, 6.45) is 5.69. The van der Waals surface area contributed by atoms with E-state index in [0.717, 1.165) is 38.8 Å². The molecule has 0 radical (unpaired) electrons. The Bertz CT molecular complexity index is 306. The summed E-state index contributed by atoms with van der Waals surface area (Å²) in [5, 5.41) is 15.4. The lowest BCUT2D eigenvalue weighted by Gasteiger charge is -2.22. The van der Waals surface area contributed by atoms with E-state index in [2.05, 4.69) is 10.5 Å². The first-order chi connectivity index (χ1) is 8.81. The molecular formula is C13H29N3O2S. The second-order valence-corrected chi connectivity index (χ2v) is 7.48. The van der Waals surface area contributed by atoms with Crippen molar-refractivity contribution in [1.82, 2.24) is 5.32 Å². The van der Waals surface area contributed by atoms with Crippen LogP contribution in [0.25, 0.3) is 0 Å². The van der Waals surface area contributed by atoms with Crippen molar-refractivity contribution in [2.45, 2.75) is 51.7 Å². The van der Waals surface area contributed by atoms with Crippen molar-refractivity contribution in [2.24, 2.45) is 16.3 Å². The van der Waals surface area contributed by atoms with Gasteiger partial charge in [0.25, 0.3) is 0 Å². The Morgan fingerprint density at radius 3 is 2.58 bits per heavy atom. The Balaban J connectivity index is 3.59. The highest BCUT2D eigenvalue weighted by Gasteiger charge is 2.22. The number of nitrogens with one attached hydrogen (secondary N) is 1. The summed E-state index contributed by atoms with van der Waals surface area (Å²) in [6.45, 7) is 7.83. The molecule has 0 fully saturated rings. The standard InChI is InChI=1S/C13H29N3O2S/c1-11(19(4)18)7-10-15-9-6-5-8-13(2,3)12(14)16-17/h11,15,17H,5-10H2,1-4H3,(H2,14,16). The largest absolute Gasteiger partial charge is 0.409 e. The molecule has 0 aromatic heterocycles. The van der Waals surface area contributed by atoms with Crippen LogP contribution in [0.1, 0.15) is 46.5 Å². The van der Waals surface area contributed by atoms with Gasteiger partial charge in [-0.1, -0.05) is 32.3 Å². The monoisotopic (exact) mass is 291 g/mol. The molecule has 0 aliphatic carbocycles. The lowest BCUT2D eigenvalue weighted by atomic mass is 9.86. The predicted molar refractivity (Wildman–Crippen MR) is 82.1 cm³/mol. The second-order valence-electron chi connectivity index (χ2n) is 5.67. The average Bonchev–Trinajstić information content (AvgIpc) is 2.35. The Kier molecular flexibility index (Phi) is 9.01. The minimum Gasteiger partial charge on any atom is -0.409 e. The predicted octanol–water partition coefficient (Wildman–Crippen LogP) is 1.68. The molecule has 5 nitrogen and oxygen atoms in total. The normalized spacial score (nSPS) is 16.3. The first-order valence-electron chi connectivity index (χ1n) is 6.82. The van der Waals surface area contributed by atoms with E-state index in [1.807, 2.05) is 20.8 Å². The smallest absolute Gasteiger partial charge is 0.144 e. The van der Waals surface area contributed by atoms with Crippen LogP contribution in [-0.2, 0) is 10.8 Å². The van der Waals surface area contributed by atoms with Crippen LogP contribution in [0.2, 0.25) is 0 Å². The second kappa shape index (κ2) is 9.31. The number of oxime groups is 1. The van der Waals surface area contributed by atoms with Crippen LogP contribution in [-0.4, -0.2) is 39.8 Å². The molecule has 2 unspecified atom stereocenters. The Labute approximate surface area is 119 Å². The number of hydrogen-bond donors (Lipinski definition) is 3. The molecule has 0 aliphatic heterocycles. The highest BCUT2D eigenvalue weighted by molar-refractivity contribution is 7.84. The van der Waals surface area contributed by atoms with Crippen molar-refractivity contribution in [3.05, 3.63) is 0 Å². The van der Waals surface area contributed by atoms with E-state index in [1.54, 1.807) is 6.26 Å². The summed E-state index contributed by atoms with van der Waals surface area (Å²) in [5.74, 6) is 0.291. The first kappa shape index (κ1) is 18.4. The molecule has 0 spiro atoms. The number of hydrogen-bond acceptors (Lipinski definition) is 4. The molecule has 4 N–H and O–H groups in total. The molecule has 0 bridgehead atoms. The van der Waals surface area contributed by atoms with E-state index in [-0.39, 0.29) is 10.7 Å². The highest BCUT2D eigenvalue weighted by atomic mass is 32.2. The van der Waals surface area contributed by atoms with E-state index in [0.29, 0.717) is 5.84 Å². The average molecular weight is 291 g/mol. The van der Waals surface area contributed by atoms with E-state index in [1.165, 1.54) is 0 Å². The minimum absolute atomic E-state index is 0.248. The molecule has 0 rings (SSSR count). The van der Waals surface area contributed by atoms with Gasteiger partial charge in [-0.05, 0) is 32.4 Å². The van der Waals surface area contributed by atoms with Crippen LogP contribution in [0, 0.1) is 5.41 Å². The third-order valence-corrected chi connectivity index (χ3v) is 4.87. The number of nitrogens with zero attached hydrogens (tertiary/aromatic N) is 1. The van der Waals surface area contributed by atoms with Crippen molar-refractivity contribution in [1.29, 1.82) is 0 Å². The zero-order valence-corrected chi connectivity index (χ0v) is 13.4. The van der Waals surface area contributed by atoms with Crippen molar-refractivity contribution >= 4 is 16.6 Å². The molecule has 2 atom stereocenters. The molecule has 0 aromatic rings. The molecule has 6 heteroatoms. The third-order valence-electron chi connectivity index (χ3n) is 3.50. The van der Waals surface area contributed by atoms with Crippen LogP contribution >= 0.6 is 0 Å². The summed E-state index contributed by atoms with van der Waals surface area (Å²) in [5.41, 5.74) is 5.38. The minimum atomic E-state index is -0.728. The van der Waals surface area contributed by atoms with Gasteiger partial charge in [0.15, 0.2) is 0 Å². The number of nitrogens with two attached hydrogens (primary N) is 1. The van der Waals surface area contributed by atoms with Gasteiger partial charge in [-0.25, -0.2) is 0 Å². The number of unbranched alkanes of at least 4 members (excludes halogenated alkanes) is 1. The molecule has 0 saturated carbocycles. The fraction of sp³-hybridized carbons (Fsp3) is 0.923. The van der Waals surface area contributed by atoms with E-state index in [9.17, 15) is 4.21 Å². The number of amidine groups is 1. The summed E-state index contributed by atoms with van der Waals surface area (Å²) in [6, 6.07) is 0. The van der Waals surface area contributed by atoms with Gasteiger partial charge >= 0.3 is 0 Å². The van der Waals surface area contributed by atoms with E-state index >= 15 is 0 Å². The van der Waals surface area contributed by atoms with Crippen LogP contribution < -0.4 is 11.1 Å². The van der Waals surface area contributed by atoms with Crippen LogP contribution in [0.4, 0.5) is 0 Å². The Morgan fingerprint density at radius 2 is 2.05 bits per heavy atom. The van der Waals surface area contributed by atoms with Gasteiger partial charge in [0.2, 0.25) is 0 Å². The van der Waals surface area contributed by atoms with Gasteiger partial charge in [0.1, 0.15) is 5.84 Å². The molecule has 114 valence electrons. The van der Waals surface area contributed by atoms with Crippen LogP contribution in [0.3, 0.4) is 0 Å². The highest BCUT2D eigenvalue weighted by Crippen LogP contribution is 2.22. The molecule has 0 heterocycles. The summed E-state index contributed by atoms with van der Waals surface area (Å²) in [4.78, 5) is 0. The molecule has 0 saturated heterocycles. The number of rotatable bonds is 10. The van der Waals surface area contributed by atoms with Crippen LogP contribution in [0.15, 0.2) is 5.16 Å². The summed E-state index contributed by atoms with van der Waals surface area (Å²) >= 11 is 0. The van der Waals surface area contributed by atoms with Gasteiger partial charge in [-0.2, -0.15) is 0 Å². The maximum absolute atomic E-state index is 11.2. The lowest BCUT2D eigenvalue weighted by molar-refractivity contribution is 0.304. The summed E-state index contributed by atoms with van der Waals surface area (Å²) in [7, 11) is -0.728. The van der Waals surface area contributed by atoms with Crippen molar-refractivity contribution in [2.75, 3.05) is 19.3 Å². The fourth-order valence-corrected chi connectivity index (χ4v) is 2.13. The van der Waals surface area contributed by atoms with Gasteiger partial charge < -0.3 is 16.3 Å². The zero-order valence-electron chi connectivity index (χ0n) is 12.6. The maximum Gasteiger partial charge on any atom is 0.144 e. The van der Waals surface area contributed by atoms with Gasteiger partial charge in [-0.3, -0.25) is 4.21 Å². The van der Waals surface area contributed by atoms with Crippen molar-refractivity contribution in [3.8, 4) is 0 Å². The summed E-state index contributed by atoms with van der Waals surface area (Å²) < 4.78 is 11.2. The van der Waals surface area contributed by atoms with Crippen LogP contribution in [0.5, 0.6) is 0 Å². The molecular weight excluding hydrogens is 262 g/mol. The lowest BCUT2D eigenvalue weighted by Crippen LogP contribution is -2.32. The molecule has 19 heavy (non-hydrogen) atoms. The quantitative estimate of drug-likeness (QED) is 0.188. The van der Waals surface area contributed by atoms with E-state index in [4.69, 9.17) is 10.9 Å². The third kappa shape index (κ3) is 8.21. The van der Waals surface area contributed by atoms with Crippen molar-refractivity contribution in [3.63, 3.8) is 0 Å². The van der Waals surface area contributed by atoms with Crippen molar-refractivity contribution < 1.29 is 9.42 Å². The topological polar surface area (TPSA) is 87.7 Å². The Hall–Kier alpha value is -0.620. The SMILES string of the molecule is CC(CCNCCCCC(C)(C)C(N)=NO)S(C)=O. The van der Waals surface area contributed by atoms with Gasteiger partial charge in [0, 0.05) is 27.7 Å². The first-order valence-corrected chi connectivity index (χ1v) is 8.44.